The molecule has 0 spiro atoms. The molecule has 2 aliphatic rings. The van der Waals surface area contributed by atoms with Gasteiger partial charge >= 0.3 is 5.97 Å². The lowest BCUT2D eigenvalue weighted by Crippen LogP contribution is -2.46. The number of carbonyl (C=O) groups excluding carboxylic acids is 1. The fourth-order valence-corrected chi connectivity index (χ4v) is 4.92. The summed E-state index contributed by atoms with van der Waals surface area (Å²) in [6.07, 6.45) is 4.42. The van der Waals surface area contributed by atoms with Crippen LogP contribution in [0.3, 0.4) is 0 Å². The summed E-state index contributed by atoms with van der Waals surface area (Å²) in [4.78, 5) is 20.0. The van der Waals surface area contributed by atoms with Crippen LogP contribution >= 0.6 is 0 Å². The summed E-state index contributed by atoms with van der Waals surface area (Å²) in [7, 11) is 0. The predicted octanol–water partition coefficient (Wildman–Crippen LogP) is 3.16. The van der Waals surface area contributed by atoms with Crippen LogP contribution in [0.1, 0.15) is 50.4 Å². The first-order valence-corrected chi connectivity index (χ1v) is 9.94. The van der Waals surface area contributed by atoms with Crippen LogP contribution in [0.4, 0.5) is 0 Å². The number of hydrogen-bond acceptors (Lipinski definition) is 6. The summed E-state index contributed by atoms with van der Waals surface area (Å²) in [5.74, 6) is 1.31. The van der Waals surface area contributed by atoms with Gasteiger partial charge in [-0.05, 0) is 38.2 Å². The Labute approximate surface area is 159 Å². The molecular weight excluding hydrogens is 342 g/mol. The number of fused-ring (bicyclic) bond motifs is 2. The van der Waals surface area contributed by atoms with Gasteiger partial charge < -0.3 is 9.26 Å². The van der Waals surface area contributed by atoms with E-state index in [0.29, 0.717) is 31.5 Å². The Hall–Kier alpha value is -2.21. The van der Waals surface area contributed by atoms with Crippen molar-refractivity contribution in [3.8, 4) is 0 Å². The van der Waals surface area contributed by atoms with Crippen molar-refractivity contribution >= 4 is 5.97 Å². The SMILES string of the molecule is CCOC(=O)[C@@]1(Cc2ccccc2)C[C@H]2CC[C@@H]1N2Cc1nc(CC)no1. The lowest BCUT2D eigenvalue weighted by atomic mass is 9.70. The van der Waals surface area contributed by atoms with E-state index in [1.807, 2.05) is 32.0 Å². The summed E-state index contributed by atoms with van der Waals surface area (Å²) in [6.45, 7) is 4.91. The quantitative estimate of drug-likeness (QED) is 0.699. The van der Waals surface area contributed by atoms with Gasteiger partial charge in [-0.3, -0.25) is 9.69 Å². The maximum atomic E-state index is 13.1. The molecule has 1 aromatic carbocycles. The zero-order chi connectivity index (χ0) is 18.9. The van der Waals surface area contributed by atoms with Crippen molar-refractivity contribution in [3.05, 3.63) is 47.6 Å². The number of esters is 1. The van der Waals surface area contributed by atoms with Gasteiger partial charge in [0.2, 0.25) is 5.89 Å². The van der Waals surface area contributed by atoms with E-state index in [-0.39, 0.29) is 12.0 Å². The highest BCUT2D eigenvalue weighted by molar-refractivity contribution is 5.79. The molecule has 6 heteroatoms. The molecule has 0 radical (unpaired) electrons. The summed E-state index contributed by atoms with van der Waals surface area (Å²) in [5, 5.41) is 4.01. The number of ether oxygens (including phenoxy) is 1. The van der Waals surface area contributed by atoms with Crippen LogP contribution in [-0.4, -0.2) is 39.7 Å². The molecule has 3 atom stereocenters. The van der Waals surface area contributed by atoms with Gasteiger partial charge in [0.15, 0.2) is 5.82 Å². The number of nitrogens with zero attached hydrogens (tertiary/aromatic N) is 3. The van der Waals surface area contributed by atoms with E-state index in [1.165, 1.54) is 5.56 Å². The van der Waals surface area contributed by atoms with E-state index in [9.17, 15) is 4.79 Å². The Kier molecular flexibility index (Phi) is 5.00. The number of aryl methyl sites for hydroxylation is 1. The molecule has 0 amide bonds. The monoisotopic (exact) mass is 369 g/mol. The standard InChI is InChI=1S/C21H27N3O3/c1-3-18-22-19(27-23-18)14-24-16-10-11-17(24)21(13-16,20(25)26-4-2)12-15-8-6-5-7-9-15/h5-9,16-17H,3-4,10-14H2,1-2H3/t16-,17+,21+/m1/s1. The van der Waals surface area contributed by atoms with Crippen molar-refractivity contribution in [1.82, 2.24) is 15.0 Å². The molecule has 0 N–H and O–H groups in total. The summed E-state index contributed by atoms with van der Waals surface area (Å²) >= 11 is 0. The Bertz CT molecular complexity index is 791. The second kappa shape index (κ2) is 7.43. The third-order valence-corrected chi connectivity index (χ3v) is 6.07. The largest absolute Gasteiger partial charge is 0.466 e. The number of carbonyl (C=O) groups is 1. The van der Waals surface area contributed by atoms with E-state index >= 15 is 0 Å². The minimum atomic E-state index is -0.492. The lowest BCUT2D eigenvalue weighted by molar-refractivity contribution is -0.157. The van der Waals surface area contributed by atoms with Gasteiger partial charge in [-0.15, -0.1) is 0 Å². The Morgan fingerprint density at radius 1 is 1.30 bits per heavy atom. The van der Waals surface area contributed by atoms with Gasteiger partial charge in [0.25, 0.3) is 0 Å². The molecule has 1 aromatic heterocycles. The van der Waals surface area contributed by atoms with Crippen LogP contribution in [-0.2, 0) is 28.9 Å². The maximum absolute atomic E-state index is 13.1. The maximum Gasteiger partial charge on any atom is 0.314 e. The van der Waals surface area contributed by atoms with E-state index < -0.39 is 5.41 Å². The molecule has 0 aliphatic carbocycles. The van der Waals surface area contributed by atoms with E-state index in [0.717, 1.165) is 31.5 Å². The van der Waals surface area contributed by atoms with Crippen LogP contribution in [0.15, 0.2) is 34.9 Å². The fourth-order valence-electron chi connectivity index (χ4n) is 4.92. The van der Waals surface area contributed by atoms with Crippen LogP contribution in [0, 0.1) is 5.41 Å². The highest BCUT2D eigenvalue weighted by Crippen LogP contribution is 2.52. The molecule has 2 aromatic rings. The molecule has 6 nitrogen and oxygen atoms in total. The van der Waals surface area contributed by atoms with Crippen molar-refractivity contribution in [3.63, 3.8) is 0 Å². The topological polar surface area (TPSA) is 68.5 Å². The second-order valence-electron chi connectivity index (χ2n) is 7.62. The molecule has 2 aliphatic heterocycles. The average molecular weight is 369 g/mol. The molecule has 4 rings (SSSR count). The van der Waals surface area contributed by atoms with E-state index in [2.05, 4.69) is 27.2 Å². The number of aromatic nitrogens is 2. The van der Waals surface area contributed by atoms with Gasteiger partial charge in [0.05, 0.1) is 18.6 Å². The molecule has 0 saturated carbocycles. The zero-order valence-corrected chi connectivity index (χ0v) is 16.1. The Balaban J connectivity index is 1.61. The molecular formula is C21H27N3O3. The van der Waals surface area contributed by atoms with Gasteiger partial charge in [-0.1, -0.05) is 42.4 Å². The van der Waals surface area contributed by atoms with Crippen molar-refractivity contribution in [2.45, 2.75) is 64.6 Å². The highest BCUT2D eigenvalue weighted by atomic mass is 16.5. The first-order valence-electron chi connectivity index (χ1n) is 9.94. The molecule has 27 heavy (non-hydrogen) atoms. The number of benzene rings is 1. The fraction of sp³-hybridized carbons (Fsp3) is 0.571. The van der Waals surface area contributed by atoms with Crippen molar-refractivity contribution < 1.29 is 14.1 Å². The van der Waals surface area contributed by atoms with Gasteiger partial charge in [0.1, 0.15) is 0 Å². The first-order chi connectivity index (χ1) is 13.2. The van der Waals surface area contributed by atoms with Crippen molar-refractivity contribution in [2.75, 3.05) is 6.61 Å². The van der Waals surface area contributed by atoms with Crippen LogP contribution in [0.25, 0.3) is 0 Å². The minimum absolute atomic E-state index is 0.0640. The summed E-state index contributed by atoms with van der Waals surface area (Å²) in [5.41, 5.74) is 0.692. The lowest BCUT2D eigenvalue weighted by Gasteiger charge is -2.35. The average Bonchev–Trinajstić information content (AvgIpc) is 3.37. The van der Waals surface area contributed by atoms with Gasteiger partial charge in [0, 0.05) is 18.5 Å². The number of hydrogen-bond donors (Lipinski definition) is 0. The summed E-state index contributed by atoms with van der Waals surface area (Å²) in [6, 6.07) is 10.8. The molecule has 144 valence electrons. The molecule has 2 bridgehead atoms. The zero-order valence-electron chi connectivity index (χ0n) is 16.1. The van der Waals surface area contributed by atoms with Crippen molar-refractivity contribution in [1.29, 1.82) is 0 Å². The first kappa shape index (κ1) is 18.2. The Morgan fingerprint density at radius 2 is 2.11 bits per heavy atom. The van der Waals surface area contributed by atoms with E-state index in [1.54, 1.807) is 0 Å². The third-order valence-electron chi connectivity index (χ3n) is 6.07. The smallest absolute Gasteiger partial charge is 0.314 e. The highest BCUT2D eigenvalue weighted by Gasteiger charge is 2.60. The normalized spacial score (nSPS) is 27.2. The third kappa shape index (κ3) is 3.27. The van der Waals surface area contributed by atoms with Crippen LogP contribution < -0.4 is 0 Å². The molecule has 3 heterocycles. The van der Waals surface area contributed by atoms with Crippen molar-refractivity contribution in [2.24, 2.45) is 5.41 Å². The summed E-state index contributed by atoms with van der Waals surface area (Å²) < 4.78 is 11.0. The predicted molar refractivity (Wildman–Crippen MR) is 99.9 cm³/mol. The van der Waals surface area contributed by atoms with Gasteiger partial charge in [-0.25, -0.2) is 0 Å². The molecule has 2 saturated heterocycles. The number of rotatable bonds is 7. The minimum Gasteiger partial charge on any atom is -0.466 e. The van der Waals surface area contributed by atoms with Crippen LogP contribution in [0.5, 0.6) is 0 Å². The van der Waals surface area contributed by atoms with Crippen LogP contribution in [0.2, 0.25) is 0 Å². The van der Waals surface area contributed by atoms with Gasteiger partial charge in [-0.2, -0.15) is 4.98 Å². The Morgan fingerprint density at radius 3 is 2.81 bits per heavy atom. The second-order valence-corrected chi connectivity index (χ2v) is 7.62. The molecule has 0 unspecified atom stereocenters. The van der Waals surface area contributed by atoms with E-state index in [4.69, 9.17) is 9.26 Å². The molecule has 2 fully saturated rings.